The molecule has 0 aliphatic carbocycles. The second-order valence-electron chi connectivity index (χ2n) is 5.42. The Morgan fingerprint density at radius 3 is 2.33 bits per heavy atom. The summed E-state index contributed by atoms with van der Waals surface area (Å²) >= 11 is 4.33. The van der Waals surface area contributed by atoms with Crippen LogP contribution in [0, 0.1) is 20.8 Å². The van der Waals surface area contributed by atoms with Crippen molar-refractivity contribution in [3.63, 3.8) is 0 Å². The van der Waals surface area contributed by atoms with Crippen LogP contribution in [0.15, 0.2) is 14.7 Å². The number of nitrogens with zero attached hydrogens (tertiary/aromatic N) is 2. The number of Topliss-reactive ketones (excluding diaryl/α,β-unsaturated/α-hetero) is 1. The molecule has 0 fully saturated rings. The van der Waals surface area contributed by atoms with Crippen molar-refractivity contribution in [1.82, 2.24) is 10.2 Å². The molecule has 1 heterocycles. The Labute approximate surface area is 153 Å². The fraction of sp³-hybridized carbons (Fsp3) is 0.375. The second-order valence-corrected chi connectivity index (χ2v) is 8.85. The summed E-state index contributed by atoms with van der Waals surface area (Å²) in [5.41, 5.74) is 10.3. The number of rotatable bonds is 7. The van der Waals surface area contributed by atoms with E-state index in [2.05, 4.69) is 23.2 Å². The van der Waals surface area contributed by atoms with Gasteiger partial charge in [-0.1, -0.05) is 40.9 Å². The highest BCUT2D eigenvalue weighted by atomic mass is 32.2. The van der Waals surface area contributed by atoms with Gasteiger partial charge in [0.05, 0.1) is 5.75 Å². The van der Waals surface area contributed by atoms with E-state index >= 15 is 0 Å². The largest absolute Gasteiger partial charge is 0.369 e. The van der Waals surface area contributed by atoms with Crippen LogP contribution < -0.4 is 5.73 Å². The van der Waals surface area contributed by atoms with E-state index in [0.717, 1.165) is 36.7 Å². The van der Waals surface area contributed by atoms with Crippen LogP contribution in [0.3, 0.4) is 0 Å². The van der Waals surface area contributed by atoms with Gasteiger partial charge < -0.3 is 5.73 Å². The molecule has 2 rings (SSSR count). The quantitative estimate of drug-likeness (QED) is 0.583. The van der Waals surface area contributed by atoms with Gasteiger partial charge in [-0.2, -0.15) is 0 Å². The van der Waals surface area contributed by atoms with Crippen molar-refractivity contribution in [2.75, 3.05) is 5.75 Å². The Hall–Kier alpha value is -1.38. The molecule has 8 heteroatoms. The molecular formula is C16H19N3O2S3. The Balaban J connectivity index is 2.13. The molecule has 1 amide bonds. The first-order valence-corrected chi connectivity index (χ1v) is 10.1. The summed E-state index contributed by atoms with van der Waals surface area (Å²) < 4.78 is 1.57. The number of nitrogens with two attached hydrogens (primary N) is 1. The number of aromatic nitrogens is 2. The molecule has 0 bridgehead atoms. The summed E-state index contributed by atoms with van der Waals surface area (Å²) in [5.74, 6) is 0.662. The van der Waals surface area contributed by atoms with Crippen LogP contribution >= 0.6 is 34.9 Å². The zero-order valence-corrected chi connectivity index (χ0v) is 16.5. The molecule has 2 aromatic rings. The van der Waals surface area contributed by atoms with Gasteiger partial charge in [0.1, 0.15) is 0 Å². The minimum Gasteiger partial charge on any atom is -0.369 e. The van der Waals surface area contributed by atoms with Gasteiger partial charge in [-0.05, 0) is 49.9 Å². The number of thioether (sulfide) groups is 2. The normalized spacial score (nSPS) is 10.8. The van der Waals surface area contributed by atoms with E-state index in [1.807, 2.05) is 13.8 Å². The van der Waals surface area contributed by atoms with Crippen molar-refractivity contribution in [2.24, 2.45) is 5.73 Å². The molecule has 0 radical (unpaired) electrons. The molecular weight excluding hydrogens is 362 g/mol. The van der Waals surface area contributed by atoms with Gasteiger partial charge >= 0.3 is 0 Å². The van der Waals surface area contributed by atoms with Gasteiger partial charge in [-0.25, -0.2) is 0 Å². The number of ketones is 1. The summed E-state index contributed by atoms with van der Waals surface area (Å²) in [4.78, 5) is 22.7. The SMILES string of the molecule is CC(=O)c1c(C)cc(C)c(CSc2nnc(SCC(N)=O)s2)c1C. The number of carbonyl (C=O) groups excluding carboxylic acids is 2. The first-order chi connectivity index (χ1) is 11.3. The van der Waals surface area contributed by atoms with Crippen LogP contribution in [-0.4, -0.2) is 27.6 Å². The van der Waals surface area contributed by atoms with Gasteiger partial charge in [0.25, 0.3) is 0 Å². The van der Waals surface area contributed by atoms with Crippen molar-refractivity contribution < 1.29 is 9.59 Å². The molecule has 128 valence electrons. The Kier molecular flexibility index (Phi) is 6.42. The summed E-state index contributed by atoms with van der Waals surface area (Å²) in [5, 5.41) is 8.19. The minimum atomic E-state index is -0.368. The van der Waals surface area contributed by atoms with Crippen LogP contribution in [0.1, 0.15) is 39.5 Å². The maximum atomic E-state index is 11.9. The van der Waals surface area contributed by atoms with E-state index in [-0.39, 0.29) is 17.4 Å². The predicted octanol–water partition coefficient (Wildman–Crippen LogP) is 3.54. The number of aryl methyl sites for hydroxylation is 2. The van der Waals surface area contributed by atoms with E-state index in [0.29, 0.717) is 0 Å². The maximum absolute atomic E-state index is 11.9. The fourth-order valence-electron chi connectivity index (χ4n) is 2.57. The number of benzene rings is 1. The van der Waals surface area contributed by atoms with Gasteiger partial charge in [-0.3, -0.25) is 9.59 Å². The highest BCUT2D eigenvalue weighted by molar-refractivity contribution is 8.03. The molecule has 0 saturated heterocycles. The fourth-order valence-corrected chi connectivity index (χ4v) is 5.52. The first-order valence-electron chi connectivity index (χ1n) is 7.27. The van der Waals surface area contributed by atoms with Crippen LogP contribution in [0.5, 0.6) is 0 Å². The lowest BCUT2D eigenvalue weighted by molar-refractivity contribution is -0.115. The minimum absolute atomic E-state index is 0.0947. The lowest BCUT2D eigenvalue weighted by Gasteiger charge is -2.15. The first kappa shape index (κ1) is 19.0. The third kappa shape index (κ3) is 4.58. The lowest BCUT2D eigenvalue weighted by Crippen LogP contribution is -2.12. The van der Waals surface area contributed by atoms with Crippen molar-refractivity contribution in [3.05, 3.63) is 33.9 Å². The monoisotopic (exact) mass is 381 g/mol. The van der Waals surface area contributed by atoms with E-state index in [1.54, 1.807) is 18.7 Å². The third-order valence-corrected chi connectivity index (χ3v) is 6.79. The molecule has 0 atom stereocenters. The number of hydrogen-bond donors (Lipinski definition) is 1. The molecule has 0 aliphatic heterocycles. The van der Waals surface area contributed by atoms with E-state index in [4.69, 9.17) is 5.73 Å². The van der Waals surface area contributed by atoms with Crippen molar-refractivity contribution in [1.29, 1.82) is 0 Å². The molecule has 2 N–H and O–H groups in total. The highest BCUT2D eigenvalue weighted by Gasteiger charge is 2.15. The molecule has 0 spiro atoms. The number of hydrogen-bond acceptors (Lipinski definition) is 7. The van der Waals surface area contributed by atoms with Crippen molar-refractivity contribution in [2.45, 2.75) is 42.1 Å². The smallest absolute Gasteiger partial charge is 0.227 e. The number of amides is 1. The average Bonchev–Trinajstić information content (AvgIpc) is 2.92. The molecule has 24 heavy (non-hydrogen) atoms. The third-order valence-electron chi connectivity index (χ3n) is 3.55. The lowest BCUT2D eigenvalue weighted by atomic mass is 9.92. The zero-order valence-electron chi connectivity index (χ0n) is 14.0. The molecule has 0 unspecified atom stereocenters. The zero-order chi connectivity index (χ0) is 17.9. The van der Waals surface area contributed by atoms with E-state index in [9.17, 15) is 9.59 Å². The van der Waals surface area contributed by atoms with Crippen LogP contribution in [0.2, 0.25) is 0 Å². The number of primary amides is 1. The standard InChI is InChI=1S/C16H19N3O2S3/c1-8-5-9(2)14(11(4)20)10(3)12(8)6-22-15-18-19-16(24-15)23-7-13(17)21/h5H,6-7H2,1-4H3,(H2,17,21). The van der Waals surface area contributed by atoms with Gasteiger partial charge in [0.15, 0.2) is 14.5 Å². The molecule has 1 aromatic heterocycles. The summed E-state index contributed by atoms with van der Waals surface area (Å²) in [6.07, 6.45) is 0. The molecule has 0 aliphatic rings. The van der Waals surface area contributed by atoms with Gasteiger partial charge in [-0.15, -0.1) is 10.2 Å². The highest BCUT2D eigenvalue weighted by Crippen LogP contribution is 2.33. The summed E-state index contributed by atoms with van der Waals surface area (Å²) in [6.45, 7) is 7.64. The number of carbonyl (C=O) groups is 2. The molecule has 5 nitrogen and oxygen atoms in total. The van der Waals surface area contributed by atoms with Crippen molar-refractivity contribution >= 4 is 46.6 Å². The van der Waals surface area contributed by atoms with Crippen LogP contribution in [0.4, 0.5) is 0 Å². The van der Waals surface area contributed by atoms with E-state index in [1.165, 1.54) is 28.7 Å². The Morgan fingerprint density at radius 1 is 1.12 bits per heavy atom. The molecule has 1 aromatic carbocycles. The van der Waals surface area contributed by atoms with Crippen molar-refractivity contribution in [3.8, 4) is 0 Å². The molecule has 0 saturated carbocycles. The summed E-state index contributed by atoms with van der Waals surface area (Å²) in [6, 6.07) is 2.06. The Bertz CT molecular complexity index is 787. The topological polar surface area (TPSA) is 85.9 Å². The predicted molar refractivity (Wildman–Crippen MR) is 100 cm³/mol. The van der Waals surface area contributed by atoms with Gasteiger partial charge in [0, 0.05) is 11.3 Å². The van der Waals surface area contributed by atoms with Crippen LogP contribution in [0.25, 0.3) is 0 Å². The maximum Gasteiger partial charge on any atom is 0.227 e. The van der Waals surface area contributed by atoms with Crippen LogP contribution in [-0.2, 0) is 10.5 Å². The summed E-state index contributed by atoms with van der Waals surface area (Å²) in [7, 11) is 0. The average molecular weight is 382 g/mol. The second kappa shape index (κ2) is 8.13. The van der Waals surface area contributed by atoms with Gasteiger partial charge in [0.2, 0.25) is 5.91 Å². The Morgan fingerprint density at radius 2 is 1.75 bits per heavy atom. The van der Waals surface area contributed by atoms with E-state index < -0.39 is 0 Å².